The number of pyridine rings is 1. The van der Waals surface area contributed by atoms with Crippen molar-refractivity contribution in [2.75, 3.05) is 6.61 Å². The maximum Gasteiger partial charge on any atom is 0.513 e. The Kier molecular flexibility index (Phi) is 8.50. The normalized spacial score (nSPS) is 21.7. The number of nitrogens with zero attached hydrogens (tertiary/aromatic N) is 3. The van der Waals surface area contributed by atoms with E-state index in [0.29, 0.717) is 16.8 Å². The van der Waals surface area contributed by atoms with Gasteiger partial charge in [-0.15, -0.1) is 0 Å². The van der Waals surface area contributed by atoms with Crippen LogP contribution >= 0.6 is 0 Å². The van der Waals surface area contributed by atoms with Gasteiger partial charge in [0.05, 0.1) is 16.2 Å². The molecular formula is C34H27N3O10S. The van der Waals surface area contributed by atoms with E-state index in [2.05, 4.69) is 4.98 Å². The van der Waals surface area contributed by atoms with Crippen molar-refractivity contribution in [1.82, 2.24) is 9.88 Å². The summed E-state index contributed by atoms with van der Waals surface area (Å²) >= 11 is 0. The van der Waals surface area contributed by atoms with Crippen LogP contribution < -0.4 is 4.74 Å². The van der Waals surface area contributed by atoms with Crippen LogP contribution in [0, 0.1) is 10.1 Å². The van der Waals surface area contributed by atoms with E-state index in [1.807, 2.05) is 0 Å². The highest BCUT2D eigenvalue weighted by Crippen LogP contribution is 2.50. The van der Waals surface area contributed by atoms with E-state index in [9.17, 15) is 32.9 Å². The van der Waals surface area contributed by atoms with Crippen LogP contribution in [0.15, 0.2) is 115 Å². The molecule has 0 spiro atoms. The van der Waals surface area contributed by atoms with Crippen molar-refractivity contribution in [3.8, 4) is 5.75 Å². The van der Waals surface area contributed by atoms with Gasteiger partial charge in [0.2, 0.25) is 0 Å². The number of carbonyl (C=O) groups excluding carboxylic acids is 3. The summed E-state index contributed by atoms with van der Waals surface area (Å²) in [4.78, 5) is 55.9. The molecule has 2 saturated heterocycles. The van der Waals surface area contributed by atoms with Crippen molar-refractivity contribution in [2.24, 2.45) is 0 Å². The number of ether oxygens (including phenoxy) is 3. The number of aromatic nitrogens is 1. The lowest BCUT2D eigenvalue weighted by Gasteiger charge is -2.39. The highest BCUT2D eigenvalue weighted by atomic mass is 32.2. The molecule has 14 heteroatoms. The van der Waals surface area contributed by atoms with Crippen molar-refractivity contribution in [3.63, 3.8) is 0 Å². The molecule has 2 unspecified atom stereocenters. The number of β-lactam (4-membered cyclic amide) rings is 1. The van der Waals surface area contributed by atoms with E-state index in [-0.39, 0.29) is 17.0 Å². The topological polar surface area (TPSA) is 172 Å². The first kappa shape index (κ1) is 32.1. The molecule has 0 aliphatic carbocycles. The summed E-state index contributed by atoms with van der Waals surface area (Å²) in [7, 11) is -4.47. The minimum Gasteiger partial charge on any atom is -0.451 e. The Morgan fingerprint density at radius 2 is 1.56 bits per heavy atom. The number of benzene rings is 3. The van der Waals surface area contributed by atoms with E-state index in [1.165, 1.54) is 31.3 Å². The maximum atomic E-state index is 14.3. The zero-order valence-corrected chi connectivity index (χ0v) is 26.1. The van der Waals surface area contributed by atoms with Gasteiger partial charge in [-0.1, -0.05) is 66.7 Å². The summed E-state index contributed by atoms with van der Waals surface area (Å²) in [6.07, 6.45) is 0.538. The Hall–Kier alpha value is -5.89. The van der Waals surface area contributed by atoms with E-state index in [4.69, 9.17) is 14.2 Å². The van der Waals surface area contributed by atoms with Gasteiger partial charge in [0.25, 0.3) is 11.6 Å². The van der Waals surface area contributed by atoms with Crippen LogP contribution in [0.5, 0.6) is 5.75 Å². The summed E-state index contributed by atoms with van der Waals surface area (Å²) < 4.78 is 42.8. The smallest absolute Gasteiger partial charge is 0.451 e. The molecule has 1 amide bonds. The van der Waals surface area contributed by atoms with Crippen molar-refractivity contribution in [2.45, 2.75) is 29.2 Å². The van der Waals surface area contributed by atoms with Crippen molar-refractivity contribution in [3.05, 3.63) is 142 Å². The summed E-state index contributed by atoms with van der Waals surface area (Å²) in [5.41, 5.74) is 1.19. The van der Waals surface area contributed by atoms with Crippen molar-refractivity contribution in [1.29, 1.82) is 0 Å². The first-order valence-electron chi connectivity index (χ1n) is 14.6. The molecule has 3 atom stereocenters. The minimum absolute atomic E-state index is 0.103. The van der Waals surface area contributed by atoms with Gasteiger partial charge < -0.3 is 19.1 Å². The van der Waals surface area contributed by atoms with Gasteiger partial charge in [0.15, 0.2) is 27.4 Å². The van der Waals surface area contributed by atoms with Crippen molar-refractivity contribution >= 4 is 39.6 Å². The molecule has 0 saturated carbocycles. The Morgan fingerprint density at radius 1 is 0.958 bits per heavy atom. The van der Waals surface area contributed by atoms with Gasteiger partial charge in [-0.05, 0) is 48.4 Å². The third kappa shape index (κ3) is 5.77. The zero-order chi connectivity index (χ0) is 34.1. The summed E-state index contributed by atoms with van der Waals surface area (Å²) in [5, 5.41) is 9.40. The van der Waals surface area contributed by atoms with E-state index in [1.54, 1.807) is 78.9 Å². The molecule has 6 rings (SSSR count). The van der Waals surface area contributed by atoms with E-state index >= 15 is 0 Å². The highest BCUT2D eigenvalue weighted by molar-refractivity contribution is 7.94. The molecule has 244 valence electrons. The number of nitro benzene ring substituents is 1. The quantitative estimate of drug-likeness (QED) is 0.0607. The number of esters is 1. The molecule has 2 fully saturated rings. The summed E-state index contributed by atoms with van der Waals surface area (Å²) in [6.45, 7) is 0.316. The van der Waals surface area contributed by atoms with Crippen LogP contribution in [0.1, 0.15) is 29.8 Å². The monoisotopic (exact) mass is 669 g/mol. The van der Waals surface area contributed by atoms with Crippen LogP contribution in [0.2, 0.25) is 0 Å². The van der Waals surface area contributed by atoms with Crippen LogP contribution in [0.3, 0.4) is 0 Å². The summed E-state index contributed by atoms with van der Waals surface area (Å²) in [5.74, 6) is -1.85. The number of fused-ring (bicyclic) bond motifs is 1. The lowest BCUT2D eigenvalue weighted by atomic mass is 9.94. The second-order valence-electron chi connectivity index (χ2n) is 11.2. The number of non-ortho nitro benzene ring substituents is 1. The molecule has 2 aliphatic heterocycles. The molecular weight excluding hydrogens is 642 g/mol. The molecule has 48 heavy (non-hydrogen) atoms. The van der Waals surface area contributed by atoms with Crippen LogP contribution in [0.4, 0.5) is 10.5 Å². The Labute approximate surface area is 274 Å². The lowest BCUT2D eigenvalue weighted by molar-refractivity contribution is -0.384. The van der Waals surface area contributed by atoms with Gasteiger partial charge in [-0.2, -0.15) is 0 Å². The number of sulfone groups is 1. The average Bonchev–Trinajstić information content (AvgIpc) is 3.26. The van der Waals surface area contributed by atoms with Crippen molar-refractivity contribution < 1.29 is 41.9 Å². The number of amides is 1. The molecule has 0 N–H and O–H groups in total. The molecule has 3 aromatic carbocycles. The fourth-order valence-electron chi connectivity index (χ4n) is 5.73. The average molecular weight is 670 g/mol. The number of carbonyl (C=O) groups is 3. The fraction of sp³-hybridized carbons (Fsp3) is 0.176. The number of nitro groups is 1. The molecule has 13 nitrogen and oxygen atoms in total. The van der Waals surface area contributed by atoms with Gasteiger partial charge >= 0.3 is 12.1 Å². The molecule has 4 aromatic rings. The molecule has 3 heterocycles. The van der Waals surface area contributed by atoms with Gasteiger partial charge in [-0.25, -0.2) is 18.0 Å². The van der Waals surface area contributed by atoms with E-state index in [0.717, 1.165) is 17.0 Å². The first-order chi connectivity index (χ1) is 23.0. The van der Waals surface area contributed by atoms with E-state index < -0.39 is 61.7 Å². The first-order valence-corrected chi connectivity index (χ1v) is 16.1. The van der Waals surface area contributed by atoms with Gasteiger partial charge in [-0.3, -0.25) is 19.9 Å². The molecule has 2 aliphatic rings. The zero-order valence-electron chi connectivity index (χ0n) is 25.2. The SMILES string of the molecule is CC1(COC(=O)Oc2ccc([N+](=O)[O-])cc2)[C@H](C(=O)OC(c2ccccc2)c2ccccc2)N2C(=O)/C(=C/c3ccccn3)C2S1(=O)=O. The van der Waals surface area contributed by atoms with Gasteiger partial charge in [0, 0.05) is 18.3 Å². The predicted octanol–water partition coefficient (Wildman–Crippen LogP) is 4.65. The van der Waals surface area contributed by atoms with Crippen LogP contribution in [-0.4, -0.2) is 64.0 Å². The number of rotatable bonds is 9. The predicted molar refractivity (Wildman–Crippen MR) is 170 cm³/mol. The largest absolute Gasteiger partial charge is 0.513 e. The minimum atomic E-state index is -4.47. The third-order valence-corrected chi connectivity index (χ3v) is 10.9. The second-order valence-corrected chi connectivity index (χ2v) is 13.7. The Bertz CT molecular complexity index is 1970. The molecule has 1 aromatic heterocycles. The Morgan fingerprint density at radius 3 is 2.12 bits per heavy atom. The highest BCUT2D eigenvalue weighted by Gasteiger charge is 2.73. The Balaban J connectivity index is 1.33. The third-order valence-electron chi connectivity index (χ3n) is 8.18. The maximum absolute atomic E-state index is 14.3. The van der Waals surface area contributed by atoms with Gasteiger partial charge in [0.1, 0.15) is 17.1 Å². The second kappa shape index (κ2) is 12.7. The fourth-order valence-corrected chi connectivity index (χ4v) is 8.00. The summed E-state index contributed by atoms with van der Waals surface area (Å²) in [6, 6.07) is 25.4. The standard InChI is InChI=1S/C34H27N3O10S/c1-34(21-45-33(40)46-26-17-15-25(16-18-26)37(41)42)29(32(39)47-28(22-10-4-2-5-11-22)23-12-6-3-7-13-23)36-30(38)27(31(36)48(34,43)44)20-24-14-8-9-19-35-24/h2-20,28-29,31H,21H2,1H3/b27-20-/t29-,31?,34?/m0/s1. The molecule has 0 radical (unpaired) electrons. The number of hydrogen-bond acceptors (Lipinski definition) is 11. The molecule has 0 bridgehead atoms. The number of hydrogen-bond donors (Lipinski definition) is 0. The van der Waals surface area contributed by atoms with Crippen LogP contribution in [-0.2, 0) is 28.9 Å². The lowest BCUT2D eigenvalue weighted by Crippen LogP contribution is -2.60. The van der Waals surface area contributed by atoms with Crippen LogP contribution in [0.25, 0.3) is 6.08 Å².